The molecule has 1 atom stereocenters. The summed E-state index contributed by atoms with van der Waals surface area (Å²) in [4.78, 5) is 12.8. The van der Waals surface area contributed by atoms with Gasteiger partial charge in [0.2, 0.25) is 0 Å². The molecule has 1 aromatic carbocycles. The Hall–Kier alpha value is -1.82. The van der Waals surface area contributed by atoms with Crippen molar-refractivity contribution >= 4 is 17.1 Å². The van der Waals surface area contributed by atoms with E-state index >= 15 is 0 Å². The number of anilines is 2. The van der Waals surface area contributed by atoms with Crippen LogP contribution in [0.5, 0.6) is 0 Å². The first-order chi connectivity index (χ1) is 9.65. The zero-order valence-corrected chi connectivity index (χ0v) is 11.7. The van der Waals surface area contributed by atoms with E-state index in [4.69, 9.17) is 0 Å². The molecule has 1 aromatic rings. The Morgan fingerprint density at radius 1 is 1.40 bits per heavy atom. The van der Waals surface area contributed by atoms with Crippen LogP contribution in [0.4, 0.5) is 17.1 Å². The van der Waals surface area contributed by atoms with Crippen molar-refractivity contribution in [3.63, 3.8) is 0 Å². The van der Waals surface area contributed by atoms with E-state index in [1.807, 2.05) is 6.07 Å². The van der Waals surface area contributed by atoms with Crippen LogP contribution in [-0.4, -0.2) is 36.3 Å². The third kappa shape index (κ3) is 3.19. The first kappa shape index (κ1) is 14.6. The highest BCUT2D eigenvalue weighted by molar-refractivity contribution is 5.64. The van der Waals surface area contributed by atoms with Gasteiger partial charge in [-0.3, -0.25) is 10.1 Å². The summed E-state index contributed by atoms with van der Waals surface area (Å²) in [6, 6.07) is 5.06. The second-order valence-corrected chi connectivity index (χ2v) is 5.12. The lowest BCUT2D eigenvalue weighted by Gasteiger charge is -2.31. The zero-order valence-electron chi connectivity index (χ0n) is 11.7. The molecule has 110 valence electrons. The molecule has 0 aromatic heterocycles. The summed E-state index contributed by atoms with van der Waals surface area (Å²) in [7, 11) is 1.74. The lowest BCUT2D eigenvalue weighted by molar-refractivity contribution is -0.384. The summed E-state index contributed by atoms with van der Waals surface area (Å²) in [6.07, 6.45) is 4.21. The minimum atomic E-state index is -0.379. The van der Waals surface area contributed by atoms with Crippen LogP contribution in [0.25, 0.3) is 0 Å². The minimum Gasteiger partial charge on any atom is -0.394 e. The van der Waals surface area contributed by atoms with Crippen molar-refractivity contribution in [1.29, 1.82) is 0 Å². The average Bonchev–Trinajstić information content (AvgIpc) is 2.71. The van der Waals surface area contributed by atoms with E-state index in [1.165, 1.54) is 6.07 Å². The van der Waals surface area contributed by atoms with Gasteiger partial charge in [-0.15, -0.1) is 0 Å². The monoisotopic (exact) mass is 279 g/mol. The number of aliphatic hydroxyl groups is 1. The topological polar surface area (TPSA) is 78.6 Å². The molecule has 0 amide bonds. The van der Waals surface area contributed by atoms with Crippen LogP contribution in [0.15, 0.2) is 18.2 Å². The van der Waals surface area contributed by atoms with Gasteiger partial charge in [-0.25, -0.2) is 0 Å². The Kier molecular flexibility index (Phi) is 4.79. The van der Waals surface area contributed by atoms with Gasteiger partial charge in [-0.05, 0) is 18.9 Å². The largest absolute Gasteiger partial charge is 0.394 e. The maximum Gasteiger partial charge on any atom is 0.273 e. The van der Waals surface area contributed by atoms with Crippen LogP contribution in [0.2, 0.25) is 0 Å². The van der Waals surface area contributed by atoms with Crippen LogP contribution in [-0.2, 0) is 0 Å². The number of nitro groups is 1. The predicted molar refractivity (Wildman–Crippen MR) is 79.3 cm³/mol. The molecule has 2 N–H and O–H groups in total. The molecule has 0 bridgehead atoms. The number of non-ortho nitro benzene ring substituents is 1. The van der Waals surface area contributed by atoms with Crippen LogP contribution in [0, 0.1) is 10.1 Å². The summed E-state index contributed by atoms with van der Waals surface area (Å²) < 4.78 is 0. The third-order valence-electron chi connectivity index (χ3n) is 3.82. The molecule has 20 heavy (non-hydrogen) atoms. The van der Waals surface area contributed by atoms with Crippen molar-refractivity contribution in [1.82, 2.24) is 0 Å². The van der Waals surface area contributed by atoms with Crippen LogP contribution in [0.1, 0.15) is 25.7 Å². The first-order valence-electron chi connectivity index (χ1n) is 7.00. The van der Waals surface area contributed by atoms with Crippen molar-refractivity contribution in [3.05, 3.63) is 28.3 Å². The molecule has 2 rings (SSSR count). The molecule has 6 nitrogen and oxygen atoms in total. The standard InChI is InChI=1S/C14H21N3O3/c1-15-11-7-13(9-14(8-11)17(19)20)16-6-4-2-3-5-12(16)10-18/h7-9,12,15,18H,2-6,10H2,1H3. The molecule has 0 radical (unpaired) electrons. The molecule has 1 aliphatic heterocycles. The molecule has 6 heteroatoms. The number of benzene rings is 1. The van der Waals surface area contributed by atoms with Crippen molar-refractivity contribution in [2.75, 3.05) is 30.4 Å². The maximum atomic E-state index is 11.0. The van der Waals surface area contributed by atoms with Gasteiger partial charge >= 0.3 is 0 Å². The molecule has 1 saturated heterocycles. The van der Waals surface area contributed by atoms with Crippen LogP contribution < -0.4 is 10.2 Å². The number of rotatable bonds is 4. The SMILES string of the molecule is CNc1cc(N2CCCCCC2CO)cc([N+](=O)[O-])c1. The normalized spacial score (nSPS) is 19.5. The Balaban J connectivity index is 2.37. The highest BCUT2D eigenvalue weighted by Gasteiger charge is 2.22. The van der Waals surface area contributed by atoms with Crippen molar-refractivity contribution in [3.8, 4) is 0 Å². The number of hydrogen-bond acceptors (Lipinski definition) is 5. The van der Waals surface area contributed by atoms with E-state index in [0.717, 1.165) is 43.6 Å². The van der Waals surface area contributed by atoms with E-state index in [9.17, 15) is 15.2 Å². The fourth-order valence-corrected chi connectivity index (χ4v) is 2.72. The van der Waals surface area contributed by atoms with Crippen LogP contribution >= 0.6 is 0 Å². The average molecular weight is 279 g/mol. The molecule has 0 spiro atoms. The Labute approximate surface area is 118 Å². The van der Waals surface area contributed by atoms with Gasteiger partial charge in [0.1, 0.15) is 0 Å². The number of nitro benzene ring substituents is 1. The molecular formula is C14H21N3O3. The number of nitrogens with one attached hydrogen (secondary N) is 1. The van der Waals surface area contributed by atoms with Gasteiger partial charge in [-0.2, -0.15) is 0 Å². The second-order valence-electron chi connectivity index (χ2n) is 5.12. The summed E-state index contributed by atoms with van der Waals surface area (Å²) in [6.45, 7) is 0.910. The van der Waals surface area contributed by atoms with Gasteiger partial charge < -0.3 is 15.3 Å². The zero-order chi connectivity index (χ0) is 14.5. The summed E-state index contributed by atoms with van der Waals surface area (Å²) in [5, 5.41) is 23.6. The molecule has 1 aliphatic rings. The van der Waals surface area contributed by atoms with E-state index in [0.29, 0.717) is 0 Å². The summed E-state index contributed by atoms with van der Waals surface area (Å²) >= 11 is 0. The lowest BCUT2D eigenvalue weighted by Crippen LogP contribution is -2.37. The Morgan fingerprint density at radius 2 is 2.20 bits per heavy atom. The Bertz CT molecular complexity index is 479. The van der Waals surface area contributed by atoms with Crippen molar-refractivity contribution in [2.45, 2.75) is 31.7 Å². The lowest BCUT2D eigenvalue weighted by atomic mass is 10.1. The van der Waals surface area contributed by atoms with E-state index in [-0.39, 0.29) is 23.3 Å². The van der Waals surface area contributed by atoms with Gasteiger partial charge in [-0.1, -0.05) is 12.8 Å². The second kappa shape index (κ2) is 6.56. The van der Waals surface area contributed by atoms with Gasteiger partial charge in [0.25, 0.3) is 5.69 Å². The van der Waals surface area contributed by atoms with Gasteiger partial charge in [0.15, 0.2) is 0 Å². The smallest absolute Gasteiger partial charge is 0.273 e. The fourth-order valence-electron chi connectivity index (χ4n) is 2.72. The summed E-state index contributed by atoms with van der Waals surface area (Å²) in [5.74, 6) is 0. The summed E-state index contributed by atoms with van der Waals surface area (Å²) in [5.41, 5.74) is 1.60. The minimum absolute atomic E-state index is 0.0456. The fraction of sp³-hybridized carbons (Fsp3) is 0.571. The molecule has 0 aliphatic carbocycles. The highest BCUT2D eigenvalue weighted by Crippen LogP contribution is 2.30. The molecule has 1 heterocycles. The van der Waals surface area contributed by atoms with Crippen molar-refractivity contribution in [2.24, 2.45) is 0 Å². The molecule has 0 saturated carbocycles. The first-order valence-corrected chi connectivity index (χ1v) is 7.00. The van der Waals surface area contributed by atoms with E-state index < -0.39 is 0 Å². The quantitative estimate of drug-likeness (QED) is 0.653. The van der Waals surface area contributed by atoms with E-state index in [2.05, 4.69) is 10.2 Å². The Morgan fingerprint density at radius 3 is 2.85 bits per heavy atom. The van der Waals surface area contributed by atoms with Gasteiger partial charge in [0, 0.05) is 37.1 Å². The molecule has 1 unspecified atom stereocenters. The molecular weight excluding hydrogens is 258 g/mol. The van der Waals surface area contributed by atoms with Gasteiger partial charge in [0.05, 0.1) is 17.6 Å². The maximum absolute atomic E-state index is 11.0. The van der Waals surface area contributed by atoms with Crippen LogP contribution in [0.3, 0.4) is 0 Å². The van der Waals surface area contributed by atoms with E-state index in [1.54, 1.807) is 13.1 Å². The number of nitrogens with zero attached hydrogens (tertiary/aromatic N) is 2. The third-order valence-corrected chi connectivity index (χ3v) is 3.82. The van der Waals surface area contributed by atoms with Crippen molar-refractivity contribution < 1.29 is 10.0 Å². The highest BCUT2D eigenvalue weighted by atomic mass is 16.6. The molecule has 1 fully saturated rings. The number of aliphatic hydroxyl groups excluding tert-OH is 1. The predicted octanol–water partition coefficient (Wildman–Crippen LogP) is 2.38. The number of hydrogen-bond donors (Lipinski definition) is 2.